The second-order valence-corrected chi connectivity index (χ2v) is 6.65. The van der Waals surface area contributed by atoms with Gasteiger partial charge in [-0.2, -0.15) is 0 Å². The van der Waals surface area contributed by atoms with Gasteiger partial charge in [0.15, 0.2) is 0 Å². The number of rotatable bonds is 5. The fraction of sp³-hybridized carbons (Fsp3) is 0.238. The molecule has 0 bridgehead atoms. The summed E-state index contributed by atoms with van der Waals surface area (Å²) >= 11 is 6.17. The fourth-order valence-corrected chi connectivity index (χ4v) is 3.31. The molecule has 0 aliphatic heterocycles. The molecular formula is C21H21ClFN3O. The normalized spacial score (nSPS) is 10.9. The summed E-state index contributed by atoms with van der Waals surface area (Å²) in [6.07, 6.45) is 1.57. The maximum Gasteiger partial charge on any atom is 0.256 e. The number of nitrogens with zero attached hydrogens (tertiary/aromatic N) is 2. The van der Waals surface area contributed by atoms with E-state index in [0.29, 0.717) is 35.2 Å². The number of benzene rings is 2. The molecule has 1 aromatic heterocycles. The van der Waals surface area contributed by atoms with Gasteiger partial charge in [-0.05, 0) is 44.5 Å². The molecule has 0 spiro atoms. The Balaban J connectivity index is 2.15. The predicted octanol–water partition coefficient (Wildman–Crippen LogP) is 5.56. The number of pyridine rings is 1. The highest BCUT2D eigenvalue weighted by atomic mass is 35.5. The third-order valence-corrected chi connectivity index (χ3v) is 4.91. The third kappa shape index (κ3) is 3.74. The van der Waals surface area contributed by atoms with Crippen LogP contribution in [-0.4, -0.2) is 28.9 Å². The van der Waals surface area contributed by atoms with E-state index in [1.54, 1.807) is 11.1 Å². The van der Waals surface area contributed by atoms with Gasteiger partial charge in [-0.25, -0.2) is 9.37 Å². The number of carbonyl (C=O) groups is 1. The van der Waals surface area contributed by atoms with Crippen LogP contribution in [0.25, 0.3) is 10.8 Å². The van der Waals surface area contributed by atoms with Gasteiger partial charge in [-0.15, -0.1) is 0 Å². The standard InChI is InChI=1S/C21H21ClFN3O/c1-4-26(5-2)21(27)16-12-24-20(15-8-6-7-13(3)19(15)16)25-18-11-14(23)9-10-17(18)22/h6-12H,4-5H2,1-3H3,(H,24,25). The number of aromatic nitrogens is 1. The number of hydrogen-bond acceptors (Lipinski definition) is 3. The summed E-state index contributed by atoms with van der Waals surface area (Å²) in [6, 6.07) is 9.87. The fourth-order valence-electron chi connectivity index (χ4n) is 3.15. The van der Waals surface area contributed by atoms with Crippen molar-refractivity contribution in [3.05, 3.63) is 64.6 Å². The van der Waals surface area contributed by atoms with Gasteiger partial charge >= 0.3 is 0 Å². The summed E-state index contributed by atoms with van der Waals surface area (Å²) in [5, 5.41) is 5.11. The van der Waals surface area contributed by atoms with Crippen molar-refractivity contribution in [3.63, 3.8) is 0 Å². The Morgan fingerprint density at radius 2 is 1.96 bits per heavy atom. The van der Waals surface area contributed by atoms with Crippen molar-refractivity contribution in [2.45, 2.75) is 20.8 Å². The Kier molecular flexibility index (Phi) is 5.61. The number of anilines is 2. The number of halogens is 2. The van der Waals surface area contributed by atoms with E-state index in [0.717, 1.165) is 16.3 Å². The number of aryl methyl sites for hydroxylation is 1. The molecule has 1 heterocycles. The van der Waals surface area contributed by atoms with E-state index in [2.05, 4.69) is 10.3 Å². The molecule has 0 atom stereocenters. The van der Waals surface area contributed by atoms with Crippen molar-refractivity contribution < 1.29 is 9.18 Å². The SMILES string of the molecule is CCN(CC)C(=O)c1cnc(Nc2cc(F)ccc2Cl)c2cccc(C)c12. The number of hydrogen-bond donors (Lipinski definition) is 1. The number of nitrogens with one attached hydrogen (secondary N) is 1. The lowest BCUT2D eigenvalue weighted by Crippen LogP contribution is -2.30. The highest BCUT2D eigenvalue weighted by molar-refractivity contribution is 6.33. The molecule has 3 aromatic rings. The Morgan fingerprint density at radius 3 is 2.67 bits per heavy atom. The number of amides is 1. The van der Waals surface area contributed by atoms with Crippen LogP contribution < -0.4 is 5.32 Å². The molecule has 27 heavy (non-hydrogen) atoms. The summed E-state index contributed by atoms with van der Waals surface area (Å²) in [7, 11) is 0. The molecule has 1 amide bonds. The molecule has 6 heteroatoms. The van der Waals surface area contributed by atoms with Gasteiger partial charge in [-0.1, -0.05) is 29.8 Å². The molecule has 4 nitrogen and oxygen atoms in total. The van der Waals surface area contributed by atoms with E-state index in [1.807, 2.05) is 39.0 Å². The second kappa shape index (κ2) is 7.92. The first-order valence-corrected chi connectivity index (χ1v) is 9.23. The minimum atomic E-state index is -0.393. The van der Waals surface area contributed by atoms with Crippen molar-refractivity contribution in [2.24, 2.45) is 0 Å². The Labute approximate surface area is 163 Å². The van der Waals surface area contributed by atoms with E-state index in [9.17, 15) is 9.18 Å². The van der Waals surface area contributed by atoms with Crippen molar-refractivity contribution in [1.29, 1.82) is 0 Å². The highest BCUT2D eigenvalue weighted by Gasteiger charge is 2.19. The quantitative estimate of drug-likeness (QED) is 0.625. The maximum absolute atomic E-state index is 13.6. The molecule has 0 aliphatic carbocycles. The average Bonchev–Trinajstić information content (AvgIpc) is 2.66. The lowest BCUT2D eigenvalue weighted by atomic mass is 10.0. The van der Waals surface area contributed by atoms with E-state index in [-0.39, 0.29) is 5.91 Å². The van der Waals surface area contributed by atoms with Crippen molar-refractivity contribution in [3.8, 4) is 0 Å². The van der Waals surface area contributed by atoms with Gasteiger partial charge in [0.2, 0.25) is 0 Å². The van der Waals surface area contributed by atoms with Crippen LogP contribution in [0.5, 0.6) is 0 Å². The summed E-state index contributed by atoms with van der Waals surface area (Å²) in [4.78, 5) is 19.1. The molecule has 0 aliphatic rings. The van der Waals surface area contributed by atoms with Crippen LogP contribution in [0.3, 0.4) is 0 Å². The van der Waals surface area contributed by atoms with Gasteiger partial charge in [0.25, 0.3) is 5.91 Å². The zero-order valence-electron chi connectivity index (χ0n) is 15.5. The van der Waals surface area contributed by atoms with Gasteiger partial charge in [-0.3, -0.25) is 4.79 Å². The summed E-state index contributed by atoms with van der Waals surface area (Å²) in [5.74, 6) is 0.0788. The van der Waals surface area contributed by atoms with Gasteiger partial charge in [0.1, 0.15) is 11.6 Å². The first-order chi connectivity index (χ1) is 13.0. The van der Waals surface area contributed by atoms with E-state index >= 15 is 0 Å². The molecule has 1 N–H and O–H groups in total. The number of fused-ring (bicyclic) bond motifs is 1. The third-order valence-electron chi connectivity index (χ3n) is 4.58. The molecule has 0 unspecified atom stereocenters. The van der Waals surface area contributed by atoms with Crippen LogP contribution in [0.4, 0.5) is 15.9 Å². The molecular weight excluding hydrogens is 365 g/mol. The van der Waals surface area contributed by atoms with Gasteiger partial charge in [0, 0.05) is 30.1 Å². The minimum absolute atomic E-state index is 0.0536. The van der Waals surface area contributed by atoms with Crippen LogP contribution in [0, 0.1) is 12.7 Å². The monoisotopic (exact) mass is 385 g/mol. The molecule has 0 saturated carbocycles. The average molecular weight is 386 g/mol. The lowest BCUT2D eigenvalue weighted by molar-refractivity contribution is 0.0774. The van der Waals surface area contributed by atoms with E-state index < -0.39 is 5.82 Å². The first-order valence-electron chi connectivity index (χ1n) is 8.85. The van der Waals surface area contributed by atoms with Crippen molar-refractivity contribution in [2.75, 3.05) is 18.4 Å². The molecule has 0 fully saturated rings. The molecule has 3 rings (SSSR count). The van der Waals surface area contributed by atoms with Crippen molar-refractivity contribution in [1.82, 2.24) is 9.88 Å². The zero-order valence-corrected chi connectivity index (χ0v) is 16.3. The van der Waals surface area contributed by atoms with Gasteiger partial charge in [0.05, 0.1) is 16.3 Å². The second-order valence-electron chi connectivity index (χ2n) is 6.24. The summed E-state index contributed by atoms with van der Waals surface area (Å²) in [5.41, 5.74) is 1.95. The molecule has 2 aromatic carbocycles. The molecule has 0 saturated heterocycles. The Hall–Kier alpha value is -2.66. The van der Waals surface area contributed by atoms with Crippen LogP contribution in [0.2, 0.25) is 5.02 Å². The van der Waals surface area contributed by atoms with Crippen LogP contribution >= 0.6 is 11.6 Å². The van der Waals surface area contributed by atoms with E-state index in [1.165, 1.54) is 18.2 Å². The van der Waals surface area contributed by atoms with Crippen molar-refractivity contribution >= 4 is 39.8 Å². The molecule has 140 valence electrons. The Morgan fingerprint density at radius 1 is 1.22 bits per heavy atom. The zero-order chi connectivity index (χ0) is 19.6. The van der Waals surface area contributed by atoms with Crippen LogP contribution in [0.1, 0.15) is 29.8 Å². The summed E-state index contributed by atoms with van der Waals surface area (Å²) < 4.78 is 13.6. The summed E-state index contributed by atoms with van der Waals surface area (Å²) in [6.45, 7) is 7.11. The van der Waals surface area contributed by atoms with E-state index in [4.69, 9.17) is 11.6 Å². The number of carbonyl (C=O) groups excluding carboxylic acids is 1. The first kappa shape index (κ1) is 19.1. The lowest BCUT2D eigenvalue weighted by Gasteiger charge is -2.21. The topological polar surface area (TPSA) is 45.2 Å². The maximum atomic E-state index is 13.6. The Bertz CT molecular complexity index is 1000. The minimum Gasteiger partial charge on any atom is -0.339 e. The molecule has 0 radical (unpaired) electrons. The van der Waals surface area contributed by atoms with Crippen LogP contribution in [0.15, 0.2) is 42.6 Å². The van der Waals surface area contributed by atoms with Gasteiger partial charge < -0.3 is 10.2 Å². The highest BCUT2D eigenvalue weighted by Crippen LogP contribution is 2.32. The largest absolute Gasteiger partial charge is 0.339 e. The predicted molar refractivity (Wildman–Crippen MR) is 108 cm³/mol. The van der Waals surface area contributed by atoms with Crippen LogP contribution in [-0.2, 0) is 0 Å². The smallest absolute Gasteiger partial charge is 0.256 e.